The molecule has 0 fully saturated rings. The van der Waals surface area contributed by atoms with Gasteiger partial charge < -0.3 is 9.47 Å². The number of benzene rings is 4. The lowest BCUT2D eigenvalue weighted by atomic mass is 10.0. The van der Waals surface area contributed by atoms with Crippen LogP contribution in [-0.4, -0.2) is 13.2 Å². The molecule has 0 amide bonds. The lowest BCUT2D eigenvalue weighted by molar-refractivity contribution is 0.248. The van der Waals surface area contributed by atoms with E-state index >= 15 is 0 Å². The van der Waals surface area contributed by atoms with Crippen molar-refractivity contribution in [2.24, 2.45) is 0 Å². The maximum Gasteiger partial charge on any atom is 0.127 e. The van der Waals surface area contributed by atoms with E-state index in [1.54, 1.807) is 0 Å². The number of ether oxygens (including phenoxy) is 2. The SMILES string of the molecule is c1ccc(-c2ccccc2OCCCOc2ccccc2-c2ccccc2)cc1. The number of rotatable bonds is 8. The summed E-state index contributed by atoms with van der Waals surface area (Å²) in [6, 6.07) is 37.0. The molecule has 0 bridgehead atoms. The molecule has 4 aromatic rings. The van der Waals surface area contributed by atoms with Gasteiger partial charge in [0.15, 0.2) is 0 Å². The molecule has 0 spiro atoms. The fraction of sp³-hybridized carbons (Fsp3) is 0.111. The van der Waals surface area contributed by atoms with Crippen molar-refractivity contribution in [3.05, 3.63) is 109 Å². The molecule has 0 aliphatic heterocycles. The van der Waals surface area contributed by atoms with Crippen molar-refractivity contribution in [3.63, 3.8) is 0 Å². The van der Waals surface area contributed by atoms with Gasteiger partial charge in [-0.15, -0.1) is 0 Å². The summed E-state index contributed by atoms with van der Waals surface area (Å²) in [4.78, 5) is 0. The minimum atomic E-state index is 0.608. The molecule has 2 nitrogen and oxygen atoms in total. The summed E-state index contributed by atoms with van der Waals surface area (Å²) in [5.41, 5.74) is 4.55. The predicted octanol–water partition coefficient (Wildman–Crippen LogP) is 6.87. The maximum atomic E-state index is 6.06. The molecule has 0 atom stereocenters. The molecule has 0 aromatic heterocycles. The molecule has 0 radical (unpaired) electrons. The number of hydrogen-bond donors (Lipinski definition) is 0. The molecular weight excluding hydrogens is 356 g/mol. The van der Waals surface area contributed by atoms with Gasteiger partial charge in [-0.05, 0) is 23.3 Å². The van der Waals surface area contributed by atoms with Crippen LogP contribution < -0.4 is 9.47 Å². The minimum absolute atomic E-state index is 0.608. The smallest absolute Gasteiger partial charge is 0.127 e. The largest absolute Gasteiger partial charge is 0.493 e. The Balaban J connectivity index is 1.34. The van der Waals surface area contributed by atoms with Crippen LogP contribution in [0.15, 0.2) is 109 Å². The summed E-state index contributed by atoms with van der Waals surface area (Å²) in [7, 11) is 0. The fourth-order valence-corrected chi connectivity index (χ4v) is 3.32. The summed E-state index contributed by atoms with van der Waals surface area (Å²) < 4.78 is 12.1. The molecule has 0 aliphatic rings. The van der Waals surface area contributed by atoms with Crippen molar-refractivity contribution < 1.29 is 9.47 Å². The van der Waals surface area contributed by atoms with Gasteiger partial charge in [0.2, 0.25) is 0 Å². The van der Waals surface area contributed by atoms with Crippen LogP contribution >= 0.6 is 0 Å². The first-order chi connectivity index (χ1) is 14.4. The summed E-state index contributed by atoms with van der Waals surface area (Å²) in [5, 5.41) is 0. The van der Waals surface area contributed by atoms with Gasteiger partial charge >= 0.3 is 0 Å². The van der Waals surface area contributed by atoms with Gasteiger partial charge in [-0.3, -0.25) is 0 Å². The Morgan fingerprint density at radius 2 is 0.793 bits per heavy atom. The zero-order valence-electron chi connectivity index (χ0n) is 16.3. The molecule has 0 unspecified atom stereocenters. The molecular formula is C27H24O2. The van der Waals surface area contributed by atoms with Gasteiger partial charge in [-0.1, -0.05) is 97.1 Å². The van der Waals surface area contributed by atoms with E-state index in [9.17, 15) is 0 Å². The molecule has 0 saturated carbocycles. The van der Waals surface area contributed by atoms with Crippen LogP contribution in [0, 0.1) is 0 Å². The lowest BCUT2D eigenvalue weighted by Crippen LogP contribution is -2.06. The fourth-order valence-electron chi connectivity index (χ4n) is 3.32. The zero-order valence-corrected chi connectivity index (χ0v) is 16.3. The third-order valence-corrected chi connectivity index (χ3v) is 4.75. The molecule has 4 aromatic carbocycles. The third-order valence-electron chi connectivity index (χ3n) is 4.75. The average molecular weight is 380 g/mol. The first-order valence-corrected chi connectivity index (χ1v) is 9.96. The van der Waals surface area contributed by atoms with Crippen molar-refractivity contribution in [3.8, 4) is 33.8 Å². The molecule has 2 heteroatoms. The van der Waals surface area contributed by atoms with E-state index in [4.69, 9.17) is 9.47 Å². The summed E-state index contributed by atoms with van der Waals surface area (Å²) in [6.45, 7) is 1.22. The second-order valence-electron chi connectivity index (χ2n) is 6.77. The maximum absolute atomic E-state index is 6.06. The van der Waals surface area contributed by atoms with Crippen molar-refractivity contribution in [1.82, 2.24) is 0 Å². The Bertz CT molecular complexity index is 941. The topological polar surface area (TPSA) is 18.5 Å². The van der Waals surface area contributed by atoms with Crippen molar-refractivity contribution in [1.29, 1.82) is 0 Å². The first-order valence-electron chi connectivity index (χ1n) is 9.96. The van der Waals surface area contributed by atoms with Crippen LogP contribution in [0.2, 0.25) is 0 Å². The summed E-state index contributed by atoms with van der Waals surface area (Å²) in [6.07, 6.45) is 0.812. The molecule has 0 aliphatic carbocycles. The molecule has 144 valence electrons. The minimum Gasteiger partial charge on any atom is -0.493 e. The second-order valence-corrected chi connectivity index (χ2v) is 6.77. The van der Waals surface area contributed by atoms with Gasteiger partial charge in [-0.2, -0.15) is 0 Å². The van der Waals surface area contributed by atoms with Crippen molar-refractivity contribution in [2.75, 3.05) is 13.2 Å². The lowest BCUT2D eigenvalue weighted by Gasteiger charge is -2.13. The Morgan fingerprint density at radius 1 is 0.414 bits per heavy atom. The van der Waals surface area contributed by atoms with Crippen LogP contribution in [0.4, 0.5) is 0 Å². The Hall–Kier alpha value is -3.52. The van der Waals surface area contributed by atoms with Gasteiger partial charge in [0.05, 0.1) is 13.2 Å². The summed E-state index contributed by atoms with van der Waals surface area (Å²) >= 11 is 0. The van der Waals surface area contributed by atoms with Crippen LogP contribution in [-0.2, 0) is 0 Å². The predicted molar refractivity (Wildman–Crippen MR) is 119 cm³/mol. The number of para-hydroxylation sites is 2. The molecule has 0 heterocycles. The highest BCUT2D eigenvalue weighted by Gasteiger charge is 2.07. The first kappa shape index (κ1) is 18.8. The van der Waals surface area contributed by atoms with Crippen LogP contribution in [0.3, 0.4) is 0 Å². The van der Waals surface area contributed by atoms with Crippen LogP contribution in [0.25, 0.3) is 22.3 Å². The monoisotopic (exact) mass is 380 g/mol. The van der Waals surface area contributed by atoms with E-state index in [0.29, 0.717) is 13.2 Å². The highest BCUT2D eigenvalue weighted by Crippen LogP contribution is 2.31. The van der Waals surface area contributed by atoms with E-state index in [-0.39, 0.29) is 0 Å². The quantitative estimate of drug-likeness (QED) is 0.311. The van der Waals surface area contributed by atoms with Crippen LogP contribution in [0.5, 0.6) is 11.5 Å². The van der Waals surface area contributed by atoms with E-state index in [1.807, 2.05) is 72.8 Å². The zero-order chi connectivity index (χ0) is 19.7. The Morgan fingerprint density at radius 3 is 1.24 bits per heavy atom. The van der Waals surface area contributed by atoms with E-state index in [1.165, 1.54) is 0 Å². The summed E-state index contributed by atoms with van der Waals surface area (Å²) in [5.74, 6) is 1.81. The van der Waals surface area contributed by atoms with Crippen molar-refractivity contribution in [2.45, 2.75) is 6.42 Å². The highest BCUT2D eigenvalue weighted by atomic mass is 16.5. The molecule has 29 heavy (non-hydrogen) atoms. The highest BCUT2D eigenvalue weighted by molar-refractivity contribution is 5.71. The molecule has 4 rings (SSSR count). The number of hydrogen-bond acceptors (Lipinski definition) is 2. The van der Waals surface area contributed by atoms with Gasteiger partial charge in [0.25, 0.3) is 0 Å². The average Bonchev–Trinajstić information content (AvgIpc) is 2.80. The van der Waals surface area contributed by atoms with Crippen LogP contribution in [0.1, 0.15) is 6.42 Å². The Labute approximate surface area is 172 Å². The van der Waals surface area contributed by atoms with Crippen molar-refractivity contribution >= 4 is 0 Å². The van der Waals surface area contributed by atoms with E-state index in [0.717, 1.165) is 40.2 Å². The normalized spacial score (nSPS) is 10.5. The molecule has 0 N–H and O–H groups in total. The van der Waals surface area contributed by atoms with Gasteiger partial charge in [0, 0.05) is 17.5 Å². The standard InChI is InChI=1S/C27H24O2/c1-3-12-22(13-4-1)24-16-7-9-18-26(24)28-20-11-21-29-27-19-10-8-17-25(27)23-14-5-2-6-15-23/h1-10,12-19H,11,20-21H2. The second kappa shape index (κ2) is 9.61. The molecule has 0 saturated heterocycles. The Kier molecular flexibility index (Phi) is 6.24. The van der Waals surface area contributed by atoms with E-state index < -0.39 is 0 Å². The van der Waals surface area contributed by atoms with Gasteiger partial charge in [0.1, 0.15) is 11.5 Å². The van der Waals surface area contributed by atoms with Gasteiger partial charge in [-0.25, -0.2) is 0 Å². The van der Waals surface area contributed by atoms with E-state index in [2.05, 4.69) is 36.4 Å². The third kappa shape index (κ3) is 4.85.